The van der Waals surface area contributed by atoms with Crippen LogP contribution in [0.15, 0.2) is 0 Å². The highest BCUT2D eigenvalue weighted by atomic mass is 32.1. The monoisotopic (exact) mass is 267 g/mol. The Morgan fingerprint density at radius 3 is 2.67 bits per heavy atom. The van der Waals surface area contributed by atoms with Crippen molar-refractivity contribution in [3.8, 4) is 0 Å². The van der Waals surface area contributed by atoms with E-state index in [1.807, 2.05) is 0 Å². The van der Waals surface area contributed by atoms with Crippen molar-refractivity contribution in [3.63, 3.8) is 0 Å². The van der Waals surface area contributed by atoms with Gasteiger partial charge in [0.05, 0.1) is 5.69 Å². The third-order valence-corrected chi connectivity index (χ3v) is 4.79. The van der Waals surface area contributed by atoms with E-state index in [0.29, 0.717) is 12.6 Å². The van der Waals surface area contributed by atoms with Crippen molar-refractivity contribution >= 4 is 16.5 Å². The van der Waals surface area contributed by atoms with E-state index in [9.17, 15) is 0 Å². The lowest BCUT2D eigenvalue weighted by atomic mass is 9.91. The van der Waals surface area contributed by atoms with Gasteiger partial charge < -0.3 is 10.6 Å². The summed E-state index contributed by atoms with van der Waals surface area (Å²) < 4.78 is 0. The molecule has 1 fully saturated rings. The summed E-state index contributed by atoms with van der Waals surface area (Å²) in [7, 11) is 0. The second-order valence-corrected chi connectivity index (χ2v) is 7.18. The van der Waals surface area contributed by atoms with Gasteiger partial charge in [0, 0.05) is 29.4 Å². The molecule has 0 bridgehead atoms. The van der Waals surface area contributed by atoms with Gasteiger partial charge in [0.25, 0.3) is 0 Å². The second-order valence-electron chi connectivity index (χ2n) is 6.12. The number of hydrogen-bond donors (Lipinski definition) is 1. The predicted molar refractivity (Wildman–Crippen MR) is 79.4 cm³/mol. The molecule has 1 aromatic heterocycles. The summed E-state index contributed by atoms with van der Waals surface area (Å²) >= 11 is 1.79. The van der Waals surface area contributed by atoms with E-state index in [1.165, 1.54) is 35.0 Å². The highest BCUT2D eigenvalue weighted by Gasteiger charge is 2.29. The number of anilines is 1. The van der Waals surface area contributed by atoms with E-state index in [-0.39, 0.29) is 5.41 Å². The van der Waals surface area contributed by atoms with E-state index >= 15 is 0 Å². The first kappa shape index (κ1) is 13.8. The molecular weight excluding hydrogens is 242 g/mol. The normalized spacial score (nSPS) is 20.7. The molecule has 0 radical (unpaired) electrons. The lowest BCUT2D eigenvalue weighted by Gasteiger charge is -2.23. The molecule has 1 aliphatic heterocycles. The van der Waals surface area contributed by atoms with Gasteiger partial charge in [0.15, 0.2) is 5.13 Å². The molecule has 0 aromatic carbocycles. The van der Waals surface area contributed by atoms with Gasteiger partial charge >= 0.3 is 0 Å². The van der Waals surface area contributed by atoms with Gasteiger partial charge in [-0.25, -0.2) is 4.98 Å². The zero-order valence-electron chi connectivity index (χ0n) is 12.0. The van der Waals surface area contributed by atoms with Gasteiger partial charge in [0.1, 0.15) is 0 Å². The van der Waals surface area contributed by atoms with Gasteiger partial charge in [-0.2, -0.15) is 0 Å². The Kier molecular flexibility index (Phi) is 3.97. The maximum atomic E-state index is 5.88. The average molecular weight is 267 g/mol. The number of thiazole rings is 1. The maximum Gasteiger partial charge on any atom is 0.186 e. The van der Waals surface area contributed by atoms with E-state index in [2.05, 4.69) is 32.6 Å². The molecule has 0 saturated carbocycles. The Bertz CT molecular complexity index is 406. The molecule has 102 valence electrons. The van der Waals surface area contributed by atoms with Crippen molar-refractivity contribution in [3.05, 3.63) is 10.6 Å². The third kappa shape index (κ3) is 2.54. The summed E-state index contributed by atoms with van der Waals surface area (Å²) in [4.78, 5) is 8.63. The van der Waals surface area contributed by atoms with Crippen molar-refractivity contribution in [2.24, 2.45) is 5.73 Å². The van der Waals surface area contributed by atoms with Gasteiger partial charge in [-0.1, -0.05) is 27.7 Å². The van der Waals surface area contributed by atoms with E-state index in [4.69, 9.17) is 10.7 Å². The highest BCUT2D eigenvalue weighted by Crippen LogP contribution is 2.36. The van der Waals surface area contributed by atoms with Crippen molar-refractivity contribution in [2.45, 2.75) is 65.0 Å². The summed E-state index contributed by atoms with van der Waals surface area (Å²) in [6, 6.07) is 0.676. The van der Waals surface area contributed by atoms with Crippen LogP contribution in [0.4, 0.5) is 5.13 Å². The Balaban J connectivity index is 2.32. The quantitative estimate of drug-likeness (QED) is 0.914. The smallest absolute Gasteiger partial charge is 0.186 e. The predicted octanol–water partition coefficient (Wildman–Crippen LogP) is 3.28. The molecule has 1 saturated heterocycles. The Morgan fingerprint density at radius 1 is 1.44 bits per heavy atom. The second kappa shape index (κ2) is 5.17. The van der Waals surface area contributed by atoms with Gasteiger partial charge in [-0.05, 0) is 19.3 Å². The van der Waals surface area contributed by atoms with Crippen LogP contribution in [0.25, 0.3) is 0 Å². The fraction of sp³-hybridized carbons (Fsp3) is 0.786. The molecule has 2 N–H and O–H groups in total. The van der Waals surface area contributed by atoms with Crippen LogP contribution < -0.4 is 10.6 Å². The Labute approximate surface area is 114 Å². The standard InChI is InChI=1S/C14H25N3S/c1-5-10-7-6-8-17(10)13-16-12(14(2,3)4)11(9-15)18-13/h10H,5-9,15H2,1-4H3. The van der Waals surface area contributed by atoms with Crippen LogP contribution in [0.1, 0.15) is 57.5 Å². The Morgan fingerprint density at radius 2 is 2.17 bits per heavy atom. The first-order valence-corrected chi connectivity index (χ1v) is 7.76. The molecule has 1 atom stereocenters. The molecule has 1 aliphatic rings. The fourth-order valence-electron chi connectivity index (χ4n) is 2.70. The molecule has 4 heteroatoms. The third-order valence-electron chi connectivity index (χ3n) is 3.68. The average Bonchev–Trinajstić information content (AvgIpc) is 2.93. The Hall–Kier alpha value is -0.610. The number of nitrogens with zero attached hydrogens (tertiary/aromatic N) is 2. The van der Waals surface area contributed by atoms with Gasteiger partial charge in [0.2, 0.25) is 0 Å². The highest BCUT2D eigenvalue weighted by molar-refractivity contribution is 7.15. The molecule has 2 heterocycles. The van der Waals surface area contributed by atoms with Crippen molar-refractivity contribution in [2.75, 3.05) is 11.4 Å². The molecule has 18 heavy (non-hydrogen) atoms. The molecule has 0 aliphatic carbocycles. The summed E-state index contributed by atoms with van der Waals surface area (Å²) in [5.74, 6) is 0. The van der Waals surface area contributed by atoms with Gasteiger partial charge in [-0.15, -0.1) is 11.3 Å². The van der Waals surface area contributed by atoms with Crippen LogP contribution in [0.3, 0.4) is 0 Å². The minimum absolute atomic E-state index is 0.0882. The lowest BCUT2D eigenvalue weighted by molar-refractivity contribution is 0.564. The molecule has 3 nitrogen and oxygen atoms in total. The van der Waals surface area contributed by atoms with Crippen molar-refractivity contribution < 1.29 is 0 Å². The number of nitrogens with two attached hydrogens (primary N) is 1. The summed E-state index contributed by atoms with van der Waals surface area (Å²) in [5.41, 5.74) is 7.15. The topological polar surface area (TPSA) is 42.2 Å². The van der Waals surface area contributed by atoms with Crippen LogP contribution in [0.2, 0.25) is 0 Å². The van der Waals surface area contributed by atoms with Crippen LogP contribution in [-0.2, 0) is 12.0 Å². The fourth-order valence-corrected chi connectivity index (χ4v) is 3.95. The largest absolute Gasteiger partial charge is 0.345 e. The van der Waals surface area contributed by atoms with Crippen molar-refractivity contribution in [1.29, 1.82) is 0 Å². The zero-order valence-corrected chi connectivity index (χ0v) is 12.8. The van der Waals surface area contributed by atoms with E-state index < -0.39 is 0 Å². The molecule has 0 spiro atoms. The summed E-state index contributed by atoms with van der Waals surface area (Å²) in [5, 5.41) is 1.18. The van der Waals surface area contributed by atoms with Crippen molar-refractivity contribution in [1.82, 2.24) is 4.98 Å². The summed E-state index contributed by atoms with van der Waals surface area (Å²) in [6.45, 7) is 10.7. The number of aromatic nitrogens is 1. The van der Waals surface area contributed by atoms with E-state index in [0.717, 1.165) is 6.54 Å². The number of hydrogen-bond acceptors (Lipinski definition) is 4. The van der Waals surface area contributed by atoms with Crippen LogP contribution in [0.5, 0.6) is 0 Å². The van der Waals surface area contributed by atoms with Crippen LogP contribution in [0, 0.1) is 0 Å². The van der Waals surface area contributed by atoms with Crippen LogP contribution >= 0.6 is 11.3 Å². The van der Waals surface area contributed by atoms with E-state index in [1.54, 1.807) is 11.3 Å². The summed E-state index contributed by atoms with van der Waals surface area (Å²) in [6.07, 6.45) is 3.81. The lowest BCUT2D eigenvalue weighted by Crippen LogP contribution is -2.28. The molecular formula is C14H25N3S. The first-order valence-electron chi connectivity index (χ1n) is 6.94. The molecule has 2 rings (SSSR count). The van der Waals surface area contributed by atoms with Gasteiger partial charge in [-0.3, -0.25) is 0 Å². The maximum absolute atomic E-state index is 5.88. The van der Waals surface area contributed by atoms with Crippen LogP contribution in [-0.4, -0.2) is 17.6 Å². The molecule has 1 aromatic rings. The molecule has 1 unspecified atom stereocenters. The number of rotatable bonds is 3. The molecule has 0 amide bonds. The zero-order chi connectivity index (χ0) is 13.3. The minimum Gasteiger partial charge on any atom is -0.345 e. The SMILES string of the molecule is CCC1CCCN1c1nc(C(C)(C)C)c(CN)s1. The minimum atomic E-state index is 0.0882. The first-order chi connectivity index (χ1) is 8.47.